The number of nitrogens with one attached hydrogen (secondary N) is 1. The van der Waals surface area contributed by atoms with Crippen LogP contribution in [-0.4, -0.2) is 15.0 Å². The first-order chi connectivity index (χ1) is 7.33. The average molecular weight is 220 g/mol. The van der Waals surface area contributed by atoms with Gasteiger partial charge in [-0.25, -0.2) is 4.98 Å². The van der Waals surface area contributed by atoms with E-state index in [4.69, 9.17) is 16.0 Å². The zero-order valence-electron chi connectivity index (χ0n) is 7.57. The molecular weight excluding hydrogens is 214 g/mol. The van der Waals surface area contributed by atoms with Gasteiger partial charge >= 0.3 is 0 Å². The lowest BCUT2D eigenvalue weighted by Gasteiger charge is -1.86. The minimum atomic E-state index is 0.351. The van der Waals surface area contributed by atoms with Gasteiger partial charge in [0.05, 0.1) is 17.2 Å². The van der Waals surface area contributed by atoms with Crippen LogP contribution in [0.3, 0.4) is 0 Å². The molecule has 3 heterocycles. The third-order valence-corrected chi connectivity index (χ3v) is 2.29. The normalized spacial score (nSPS) is 11.0. The van der Waals surface area contributed by atoms with Gasteiger partial charge in [0.1, 0.15) is 0 Å². The predicted octanol–water partition coefficient (Wildman–Crippen LogP) is 2.87. The highest BCUT2D eigenvalue weighted by atomic mass is 35.5. The van der Waals surface area contributed by atoms with Gasteiger partial charge in [-0.15, -0.1) is 0 Å². The van der Waals surface area contributed by atoms with Crippen molar-refractivity contribution < 1.29 is 4.42 Å². The second kappa shape index (κ2) is 3.10. The number of aromatic nitrogens is 3. The van der Waals surface area contributed by atoms with Crippen LogP contribution in [0.4, 0.5) is 0 Å². The van der Waals surface area contributed by atoms with Crippen LogP contribution < -0.4 is 0 Å². The third-order valence-electron chi connectivity index (χ3n) is 2.09. The molecule has 3 aromatic rings. The van der Waals surface area contributed by atoms with Gasteiger partial charge in [0.25, 0.3) is 0 Å². The lowest BCUT2D eigenvalue weighted by Crippen LogP contribution is -1.74. The number of hydrogen-bond acceptors (Lipinski definition) is 3. The number of halogens is 1. The summed E-state index contributed by atoms with van der Waals surface area (Å²) in [5.41, 5.74) is 1.73. The third kappa shape index (κ3) is 1.39. The summed E-state index contributed by atoms with van der Waals surface area (Å²) in [4.78, 5) is 11.4. The maximum absolute atomic E-state index is 5.69. The van der Waals surface area contributed by atoms with Gasteiger partial charge < -0.3 is 9.40 Å². The molecule has 0 aliphatic carbocycles. The summed E-state index contributed by atoms with van der Waals surface area (Å²) >= 11 is 5.69. The molecule has 4 nitrogen and oxygen atoms in total. The molecule has 1 N–H and O–H groups in total. The Labute approximate surface area is 89.9 Å². The molecule has 5 heteroatoms. The largest absolute Gasteiger partial charge is 0.441 e. The molecule has 0 aliphatic heterocycles. The Morgan fingerprint density at radius 3 is 2.93 bits per heavy atom. The van der Waals surface area contributed by atoms with Gasteiger partial charge in [0, 0.05) is 6.20 Å². The van der Waals surface area contributed by atoms with Gasteiger partial charge in [-0.3, -0.25) is 4.98 Å². The van der Waals surface area contributed by atoms with Crippen LogP contribution in [0, 0.1) is 0 Å². The first-order valence-electron chi connectivity index (χ1n) is 4.38. The highest BCUT2D eigenvalue weighted by molar-refractivity contribution is 6.28. The number of pyridine rings is 1. The van der Waals surface area contributed by atoms with Gasteiger partial charge in [-0.2, -0.15) is 0 Å². The van der Waals surface area contributed by atoms with Crippen LogP contribution in [0.5, 0.6) is 0 Å². The maximum atomic E-state index is 5.69. The van der Waals surface area contributed by atoms with Crippen molar-refractivity contribution in [1.82, 2.24) is 15.0 Å². The van der Waals surface area contributed by atoms with Crippen LogP contribution in [0.15, 0.2) is 35.0 Å². The van der Waals surface area contributed by atoms with E-state index >= 15 is 0 Å². The summed E-state index contributed by atoms with van der Waals surface area (Å²) in [5, 5.41) is 0.351. The van der Waals surface area contributed by atoms with E-state index in [1.807, 2.05) is 6.07 Å². The van der Waals surface area contributed by atoms with Gasteiger partial charge in [0.2, 0.25) is 0 Å². The number of rotatable bonds is 1. The number of furan rings is 1. The SMILES string of the molecule is Clc1ccc(-c2nc3ccncc3[nH]2)o1. The Bertz CT molecular complexity index is 581. The smallest absolute Gasteiger partial charge is 0.194 e. The molecule has 0 aliphatic rings. The molecule has 0 bridgehead atoms. The van der Waals surface area contributed by atoms with Crippen LogP contribution in [0.2, 0.25) is 5.22 Å². The second-order valence-corrected chi connectivity index (χ2v) is 3.45. The minimum Gasteiger partial charge on any atom is -0.441 e. The van der Waals surface area contributed by atoms with E-state index in [1.165, 1.54) is 0 Å². The average Bonchev–Trinajstić information content (AvgIpc) is 2.82. The van der Waals surface area contributed by atoms with Crippen molar-refractivity contribution in [2.24, 2.45) is 0 Å². The van der Waals surface area contributed by atoms with Crippen LogP contribution in [0.25, 0.3) is 22.6 Å². The summed E-state index contributed by atoms with van der Waals surface area (Å²) in [7, 11) is 0. The highest BCUT2D eigenvalue weighted by Crippen LogP contribution is 2.23. The van der Waals surface area contributed by atoms with Crippen molar-refractivity contribution in [3.63, 3.8) is 0 Å². The van der Waals surface area contributed by atoms with E-state index in [9.17, 15) is 0 Å². The summed E-state index contributed by atoms with van der Waals surface area (Å²) in [5.74, 6) is 1.28. The number of fused-ring (bicyclic) bond motifs is 1. The fourth-order valence-corrected chi connectivity index (χ4v) is 1.56. The number of aromatic amines is 1. The van der Waals surface area contributed by atoms with Gasteiger partial charge in [-0.1, -0.05) is 0 Å². The van der Waals surface area contributed by atoms with Crippen LogP contribution in [0.1, 0.15) is 0 Å². The van der Waals surface area contributed by atoms with Crippen molar-refractivity contribution in [1.29, 1.82) is 0 Å². The van der Waals surface area contributed by atoms with E-state index in [0.717, 1.165) is 11.0 Å². The van der Waals surface area contributed by atoms with Crippen molar-refractivity contribution in [3.8, 4) is 11.6 Å². The lowest BCUT2D eigenvalue weighted by atomic mass is 10.4. The van der Waals surface area contributed by atoms with Gasteiger partial charge in [-0.05, 0) is 29.8 Å². The molecule has 74 valence electrons. The molecular formula is C10H6ClN3O. The maximum Gasteiger partial charge on any atom is 0.194 e. The lowest BCUT2D eigenvalue weighted by molar-refractivity contribution is 0.580. The summed E-state index contributed by atoms with van der Waals surface area (Å²) in [6.07, 6.45) is 3.42. The fourth-order valence-electron chi connectivity index (χ4n) is 1.42. The van der Waals surface area contributed by atoms with E-state index in [1.54, 1.807) is 24.5 Å². The minimum absolute atomic E-state index is 0.351. The van der Waals surface area contributed by atoms with Crippen molar-refractivity contribution in [3.05, 3.63) is 35.8 Å². The summed E-state index contributed by atoms with van der Waals surface area (Å²) < 4.78 is 5.25. The van der Waals surface area contributed by atoms with Crippen molar-refractivity contribution in [2.75, 3.05) is 0 Å². The molecule has 0 atom stereocenters. The molecule has 0 aromatic carbocycles. The Morgan fingerprint density at radius 1 is 1.27 bits per heavy atom. The monoisotopic (exact) mass is 219 g/mol. The Kier molecular flexibility index (Phi) is 1.76. The molecule has 0 unspecified atom stereocenters. The van der Waals surface area contributed by atoms with E-state index in [-0.39, 0.29) is 0 Å². The van der Waals surface area contributed by atoms with Crippen molar-refractivity contribution >= 4 is 22.6 Å². The van der Waals surface area contributed by atoms with E-state index in [0.29, 0.717) is 16.8 Å². The number of hydrogen-bond donors (Lipinski definition) is 1. The molecule has 0 spiro atoms. The zero-order chi connectivity index (χ0) is 10.3. The Hall–Kier alpha value is -1.81. The highest BCUT2D eigenvalue weighted by Gasteiger charge is 2.08. The van der Waals surface area contributed by atoms with E-state index in [2.05, 4.69) is 15.0 Å². The number of H-pyrrole nitrogens is 1. The van der Waals surface area contributed by atoms with Crippen LogP contribution in [-0.2, 0) is 0 Å². The standard InChI is InChI=1S/C10H6ClN3O/c11-9-2-1-8(15-9)10-13-6-3-4-12-5-7(6)14-10/h1-5H,(H,13,14). The number of nitrogens with zero attached hydrogens (tertiary/aromatic N) is 2. The van der Waals surface area contributed by atoms with Gasteiger partial charge in [0.15, 0.2) is 16.8 Å². The van der Waals surface area contributed by atoms with Crippen molar-refractivity contribution in [2.45, 2.75) is 0 Å². The second-order valence-electron chi connectivity index (χ2n) is 3.08. The molecule has 0 saturated heterocycles. The van der Waals surface area contributed by atoms with E-state index < -0.39 is 0 Å². The molecule has 3 rings (SSSR count). The quantitative estimate of drug-likeness (QED) is 0.685. The fraction of sp³-hybridized carbons (Fsp3) is 0. The molecule has 0 amide bonds. The molecule has 0 radical (unpaired) electrons. The topological polar surface area (TPSA) is 54.7 Å². The molecule has 0 saturated carbocycles. The first kappa shape index (κ1) is 8.49. The molecule has 3 aromatic heterocycles. The predicted molar refractivity (Wildman–Crippen MR) is 56.6 cm³/mol. The Balaban J connectivity index is 2.19. The molecule has 15 heavy (non-hydrogen) atoms. The summed E-state index contributed by atoms with van der Waals surface area (Å²) in [6, 6.07) is 5.29. The van der Waals surface area contributed by atoms with Crippen LogP contribution >= 0.6 is 11.6 Å². The summed E-state index contributed by atoms with van der Waals surface area (Å²) in [6.45, 7) is 0. The first-order valence-corrected chi connectivity index (χ1v) is 4.76. The molecule has 0 fully saturated rings. The number of imidazole rings is 1. The Morgan fingerprint density at radius 2 is 2.20 bits per heavy atom. The zero-order valence-corrected chi connectivity index (χ0v) is 8.32.